The molecule has 0 aromatic heterocycles. The molecule has 0 spiro atoms. The van der Waals surface area contributed by atoms with Crippen molar-refractivity contribution in [1.29, 1.82) is 0 Å². The first kappa shape index (κ1) is 32.3. The summed E-state index contributed by atoms with van der Waals surface area (Å²) in [5, 5.41) is 6.29. The average molecular weight is 580 g/mol. The summed E-state index contributed by atoms with van der Waals surface area (Å²) >= 11 is 0. The lowest BCUT2D eigenvalue weighted by molar-refractivity contribution is 0.107. The van der Waals surface area contributed by atoms with Crippen LogP contribution in [0.25, 0.3) is 0 Å². The normalized spacial score (nSPS) is 10.9. The van der Waals surface area contributed by atoms with E-state index < -0.39 is 0 Å². The molecule has 4 aromatic carbocycles. The largest absolute Gasteiger partial charge is 0.497 e. The van der Waals surface area contributed by atoms with E-state index in [0.717, 1.165) is 57.6 Å². The van der Waals surface area contributed by atoms with Crippen LogP contribution in [-0.4, -0.2) is 68.4 Å². The van der Waals surface area contributed by atoms with Crippen molar-refractivity contribution >= 4 is 35.7 Å². The molecule has 43 heavy (non-hydrogen) atoms. The smallest absolute Gasteiger partial charge is 0.361 e. The van der Waals surface area contributed by atoms with Crippen molar-refractivity contribution < 1.29 is 23.5 Å². The molecular weight excluding hydrogens is 538 g/mol. The topological polar surface area (TPSA) is 70.2 Å². The Balaban J connectivity index is 1.35. The second-order valence-corrected chi connectivity index (χ2v) is 10.2. The van der Waals surface area contributed by atoms with E-state index in [2.05, 4.69) is 83.4 Å². The van der Waals surface area contributed by atoms with E-state index in [1.807, 2.05) is 38.4 Å². The summed E-state index contributed by atoms with van der Waals surface area (Å²) < 4.78 is 29.2. The highest BCUT2D eigenvalue weighted by Gasteiger charge is 2.22. The van der Waals surface area contributed by atoms with Gasteiger partial charge in [0.1, 0.15) is 11.5 Å². The van der Waals surface area contributed by atoms with Gasteiger partial charge in [0.2, 0.25) is 0 Å². The second-order valence-electron chi connectivity index (χ2n) is 10.2. The van der Waals surface area contributed by atoms with E-state index in [-0.39, 0.29) is 13.8 Å². The molecular formula is C34H42B2N2O5. The lowest BCUT2D eigenvalue weighted by atomic mass is 9.55. The number of likely N-dealkylation sites (N-methyl/N-ethyl adjacent to an activating group) is 2. The maximum Gasteiger partial charge on any atom is 0.361 e. The minimum atomic E-state index is -0.156. The molecule has 0 fully saturated rings. The molecule has 4 rings (SSSR count). The zero-order valence-electron chi connectivity index (χ0n) is 25.7. The molecule has 0 radical (unpaired) electrons. The Kier molecular flexibility index (Phi) is 13.2. The Labute approximate surface area is 257 Å². The number of rotatable bonds is 18. The minimum Gasteiger partial charge on any atom is -0.497 e. The Bertz CT molecular complexity index is 1230. The van der Waals surface area contributed by atoms with E-state index >= 15 is 0 Å². The van der Waals surface area contributed by atoms with Crippen molar-refractivity contribution in [2.45, 2.75) is 13.2 Å². The van der Waals surface area contributed by atoms with Gasteiger partial charge in [0.05, 0.1) is 27.4 Å². The van der Waals surface area contributed by atoms with Gasteiger partial charge in [-0.2, -0.15) is 0 Å². The maximum atomic E-state index is 6.25. The molecule has 0 amide bonds. The van der Waals surface area contributed by atoms with Crippen molar-refractivity contribution in [3.63, 3.8) is 0 Å². The zero-order valence-corrected chi connectivity index (χ0v) is 25.7. The third-order valence-electron chi connectivity index (χ3n) is 7.21. The fraction of sp³-hybridized carbons (Fsp3) is 0.294. The lowest BCUT2D eigenvalue weighted by Gasteiger charge is -2.17. The molecule has 7 nitrogen and oxygen atoms in total. The van der Waals surface area contributed by atoms with Crippen LogP contribution in [0.3, 0.4) is 0 Å². The van der Waals surface area contributed by atoms with Crippen molar-refractivity contribution in [1.82, 2.24) is 10.6 Å². The standard InChI is InChI=1S/C34H42B2N2O5/c1-37-21-23-42-35(31-13-17-33(39-3)18-14-31)29-9-5-27(6-10-29)25-41-26-28-7-11-30(12-8-28)36(43-24-22-38-2)32-15-19-34(40-4)20-16-32/h5-20,37-38H,21-26H2,1-4H3. The van der Waals surface area contributed by atoms with Gasteiger partial charge in [-0.25, -0.2) is 0 Å². The summed E-state index contributed by atoms with van der Waals surface area (Å²) in [5.74, 6) is 1.66. The fourth-order valence-corrected chi connectivity index (χ4v) is 4.75. The van der Waals surface area contributed by atoms with Crippen LogP contribution in [0.1, 0.15) is 11.1 Å². The molecule has 0 aliphatic rings. The van der Waals surface area contributed by atoms with Crippen molar-refractivity contribution in [3.8, 4) is 11.5 Å². The SMILES string of the molecule is CNCCOB(c1ccc(COCc2ccc(B(OCCNC)c3ccc(OC)cc3)cc2)cc1)c1ccc(OC)cc1. The van der Waals surface area contributed by atoms with Gasteiger partial charge in [0, 0.05) is 26.3 Å². The van der Waals surface area contributed by atoms with Gasteiger partial charge in [0.25, 0.3) is 0 Å². The number of hydrogen-bond acceptors (Lipinski definition) is 7. The van der Waals surface area contributed by atoms with Crippen LogP contribution in [0.4, 0.5) is 0 Å². The molecule has 0 heterocycles. The van der Waals surface area contributed by atoms with Crippen molar-refractivity contribution in [3.05, 3.63) is 108 Å². The second kappa shape index (κ2) is 17.5. The molecule has 0 unspecified atom stereocenters. The molecule has 0 aliphatic carbocycles. The van der Waals surface area contributed by atoms with E-state index in [1.165, 1.54) is 0 Å². The zero-order chi connectivity index (χ0) is 30.3. The van der Waals surface area contributed by atoms with E-state index in [4.69, 9.17) is 23.5 Å². The van der Waals surface area contributed by atoms with E-state index in [1.54, 1.807) is 14.2 Å². The molecule has 224 valence electrons. The molecule has 2 N–H and O–H groups in total. The van der Waals surface area contributed by atoms with Gasteiger partial charge >= 0.3 is 13.8 Å². The first-order chi connectivity index (χ1) is 21.1. The van der Waals surface area contributed by atoms with Crippen LogP contribution in [0.15, 0.2) is 97.1 Å². The molecule has 9 heteroatoms. The first-order valence-corrected chi connectivity index (χ1v) is 14.7. The number of nitrogens with one attached hydrogen (secondary N) is 2. The summed E-state index contributed by atoms with van der Waals surface area (Å²) in [4.78, 5) is 0. The summed E-state index contributed by atoms with van der Waals surface area (Å²) in [6.45, 7) is 3.53. The molecule has 0 saturated carbocycles. The monoisotopic (exact) mass is 580 g/mol. The van der Waals surface area contributed by atoms with Crippen LogP contribution in [0, 0.1) is 0 Å². The average Bonchev–Trinajstić information content (AvgIpc) is 3.06. The summed E-state index contributed by atoms with van der Waals surface area (Å²) in [7, 11) is 7.20. The van der Waals surface area contributed by atoms with Crippen LogP contribution in [-0.2, 0) is 27.3 Å². The molecule has 0 aliphatic heterocycles. The molecule has 0 bridgehead atoms. The van der Waals surface area contributed by atoms with Crippen LogP contribution in [0.2, 0.25) is 0 Å². The Morgan fingerprint density at radius 2 is 0.814 bits per heavy atom. The molecule has 0 saturated heterocycles. The number of ether oxygens (including phenoxy) is 3. The van der Waals surface area contributed by atoms with Crippen molar-refractivity contribution in [2.75, 3.05) is 54.6 Å². The Morgan fingerprint density at radius 3 is 1.12 bits per heavy atom. The lowest BCUT2D eigenvalue weighted by Crippen LogP contribution is -2.46. The van der Waals surface area contributed by atoms with Gasteiger partial charge in [-0.05, 0) is 71.3 Å². The highest BCUT2D eigenvalue weighted by molar-refractivity contribution is 6.80. The third-order valence-corrected chi connectivity index (χ3v) is 7.21. The van der Waals surface area contributed by atoms with Crippen LogP contribution < -0.4 is 42.0 Å². The summed E-state index contributed by atoms with van der Waals surface area (Å²) in [5.41, 5.74) is 6.60. The fourth-order valence-electron chi connectivity index (χ4n) is 4.75. The van der Waals surface area contributed by atoms with Crippen LogP contribution >= 0.6 is 0 Å². The predicted molar refractivity (Wildman–Crippen MR) is 177 cm³/mol. The Morgan fingerprint density at radius 1 is 0.488 bits per heavy atom. The summed E-state index contributed by atoms with van der Waals surface area (Å²) in [6, 6.07) is 33.0. The van der Waals surface area contributed by atoms with Crippen LogP contribution in [0.5, 0.6) is 11.5 Å². The van der Waals surface area contributed by atoms with Gasteiger partial charge in [-0.3, -0.25) is 0 Å². The number of methoxy groups -OCH3 is 2. The number of benzene rings is 4. The predicted octanol–water partition coefficient (Wildman–Crippen LogP) is 2.10. The highest BCUT2D eigenvalue weighted by atomic mass is 16.5. The van der Waals surface area contributed by atoms with Crippen molar-refractivity contribution in [2.24, 2.45) is 0 Å². The first-order valence-electron chi connectivity index (χ1n) is 14.7. The molecule has 0 atom stereocenters. The van der Waals surface area contributed by atoms with E-state index in [0.29, 0.717) is 26.4 Å². The maximum absolute atomic E-state index is 6.25. The van der Waals surface area contributed by atoms with Gasteiger partial charge in [0.15, 0.2) is 0 Å². The highest BCUT2D eigenvalue weighted by Crippen LogP contribution is 2.10. The number of hydrogen-bond donors (Lipinski definition) is 2. The minimum absolute atomic E-state index is 0.156. The Hall–Kier alpha value is -3.59. The molecule has 4 aromatic rings. The van der Waals surface area contributed by atoms with Gasteiger partial charge in [-0.15, -0.1) is 0 Å². The van der Waals surface area contributed by atoms with Gasteiger partial charge < -0.3 is 34.2 Å². The third kappa shape index (κ3) is 9.71. The summed E-state index contributed by atoms with van der Waals surface area (Å²) in [6.07, 6.45) is 0. The van der Waals surface area contributed by atoms with E-state index in [9.17, 15) is 0 Å². The quantitative estimate of drug-likeness (QED) is 0.138. The van der Waals surface area contributed by atoms with Gasteiger partial charge in [-0.1, -0.05) is 72.8 Å².